The van der Waals surface area contributed by atoms with E-state index in [1.165, 1.54) is 0 Å². The van der Waals surface area contributed by atoms with Crippen LogP contribution < -0.4 is 29.9 Å². The first-order valence-electron chi connectivity index (χ1n) is 24.5. The number of carbonyl (C=O) groups is 4. The van der Waals surface area contributed by atoms with Crippen molar-refractivity contribution in [1.29, 1.82) is 0 Å². The van der Waals surface area contributed by atoms with Crippen molar-refractivity contribution >= 4 is 57.4 Å². The molecule has 4 aliphatic heterocycles. The van der Waals surface area contributed by atoms with E-state index in [0.29, 0.717) is 35.3 Å². The molecular formula is C52H64N12O6. The van der Waals surface area contributed by atoms with Crippen LogP contribution in [-0.4, -0.2) is 138 Å². The standard InChI is InChI=1S/2C26H32N6O3/c2*1-5-22(33)17(2)30-9-11-31(12-10-30)21-14-23-18(15-26(3,4)35-23)13-20(21)29-25(34)19-16-28-32-8-6-7-27-24(19)32/h2*6-8,13-14,16-17H,5,9-12,15H2,1-4H3,(H,29,34)/t2*17-/m10/s1. The molecule has 2 fully saturated rings. The highest BCUT2D eigenvalue weighted by molar-refractivity contribution is 6.10. The molecular weight excluding hydrogens is 889 g/mol. The Labute approximate surface area is 408 Å². The number of benzene rings is 2. The van der Waals surface area contributed by atoms with Crippen molar-refractivity contribution < 1.29 is 28.7 Å². The van der Waals surface area contributed by atoms with Gasteiger partial charge in [-0.15, -0.1) is 0 Å². The zero-order valence-corrected chi connectivity index (χ0v) is 41.5. The third kappa shape index (κ3) is 9.92. The molecule has 368 valence electrons. The molecule has 4 aromatic heterocycles. The van der Waals surface area contributed by atoms with E-state index in [-0.39, 0.29) is 46.7 Å². The largest absolute Gasteiger partial charge is 0.487 e. The number of rotatable bonds is 12. The molecule has 0 unspecified atom stereocenters. The van der Waals surface area contributed by atoms with E-state index in [1.54, 1.807) is 58.3 Å². The highest BCUT2D eigenvalue weighted by Gasteiger charge is 2.35. The minimum Gasteiger partial charge on any atom is -0.487 e. The quantitative estimate of drug-likeness (QED) is 0.138. The Morgan fingerprint density at radius 1 is 0.600 bits per heavy atom. The zero-order chi connectivity index (χ0) is 49.5. The summed E-state index contributed by atoms with van der Waals surface area (Å²) in [5.41, 5.74) is 6.79. The number of hydrogen-bond donors (Lipinski definition) is 2. The molecule has 18 heteroatoms. The summed E-state index contributed by atoms with van der Waals surface area (Å²) in [6.45, 7) is 22.2. The van der Waals surface area contributed by atoms with Gasteiger partial charge in [0.05, 0.1) is 47.2 Å². The molecule has 0 aliphatic carbocycles. The molecule has 2 amide bonds. The molecule has 2 aromatic carbocycles. The van der Waals surface area contributed by atoms with E-state index >= 15 is 0 Å². The van der Waals surface area contributed by atoms with E-state index in [0.717, 1.165) is 111 Å². The smallest absolute Gasteiger partial charge is 0.261 e. The van der Waals surface area contributed by atoms with Crippen LogP contribution in [0.5, 0.6) is 11.5 Å². The van der Waals surface area contributed by atoms with E-state index in [1.807, 2.05) is 52.0 Å². The summed E-state index contributed by atoms with van der Waals surface area (Å²) in [4.78, 5) is 68.6. The van der Waals surface area contributed by atoms with E-state index in [9.17, 15) is 19.2 Å². The SMILES string of the molecule is CCC(=O)[C@@H](C)N1CCN(c2cc3c(cc2NC(=O)c2cnn4cccnc24)CC(C)(C)O3)CC1.CCC(=O)[C@H](C)N1CCN(c2cc3c(cc2NC(=O)c2cnn4cccnc24)CC(C)(C)O3)CC1. The van der Waals surface area contributed by atoms with Gasteiger partial charge in [-0.2, -0.15) is 10.2 Å². The predicted molar refractivity (Wildman–Crippen MR) is 269 cm³/mol. The maximum absolute atomic E-state index is 13.3. The summed E-state index contributed by atoms with van der Waals surface area (Å²) in [5, 5.41) is 14.7. The molecule has 70 heavy (non-hydrogen) atoms. The summed E-state index contributed by atoms with van der Waals surface area (Å²) in [7, 11) is 0. The molecule has 4 aliphatic rings. The molecule has 18 nitrogen and oxygen atoms in total. The zero-order valence-electron chi connectivity index (χ0n) is 41.5. The van der Waals surface area contributed by atoms with Crippen LogP contribution in [0.1, 0.15) is 100 Å². The second kappa shape index (κ2) is 19.5. The number of ketones is 2. The molecule has 8 heterocycles. The average molecular weight is 953 g/mol. The van der Waals surface area contributed by atoms with Crippen LogP contribution >= 0.6 is 0 Å². The molecule has 2 saturated heterocycles. The number of piperazine rings is 2. The van der Waals surface area contributed by atoms with Crippen molar-refractivity contribution in [3.63, 3.8) is 0 Å². The Bertz CT molecular complexity index is 2750. The Morgan fingerprint density at radius 2 is 0.986 bits per heavy atom. The molecule has 6 aromatic rings. The van der Waals surface area contributed by atoms with Gasteiger partial charge in [0.1, 0.15) is 45.4 Å². The third-order valence-electron chi connectivity index (χ3n) is 13.9. The second-order valence-corrected chi connectivity index (χ2v) is 19.9. The minimum atomic E-state index is -0.288. The van der Waals surface area contributed by atoms with Crippen molar-refractivity contribution in [2.45, 2.75) is 104 Å². The van der Waals surface area contributed by atoms with Crippen LogP contribution in [0.3, 0.4) is 0 Å². The molecule has 0 saturated carbocycles. The fourth-order valence-corrected chi connectivity index (χ4v) is 10.1. The van der Waals surface area contributed by atoms with Gasteiger partial charge in [0, 0.05) is 126 Å². The van der Waals surface area contributed by atoms with Gasteiger partial charge in [0.25, 0.3) is 11.8 Å². The second-order valence-electron chi connectivity index (χ2n) is 19.9. The van der Waals surface area contributed by atoms with Gasteiger partial charge >= 0.3 is 0 Å². The van der Waals surface area contributed by atoms with E-state index in [2.05, 4.69) is 78.1 Å². The van der Waals surface area contributed by atoms with Gasteiger partial charge in [-0.1, -0.05) is 13.8 Å². The minimum absolute atomic E-state index is 0.0754. The lowest BCUT2D eigenvalue weighted by Gasteiger charge is -2.39. The summed E-state index contributed by atoms with van der Waals surface area (Å²) in [5.74, 6) is 1.75. The number of nitrogens with zero attached hydrogens (tertiary/aromatic N) is 10. The fourth-order valence-electron chi connectivity index (χ4n) is 10.1. The maximum atomic E-state index is 13.3. The van der Waals surface area contributed by atoms with Crippen LogP contribution in [0.25, 0.3) is 11.3 Å². The van der Waals surface area contributed by atoms with Crippen molar-refractivity contribution in [1.82, 2.24) is 39.0 Å². The van der Waals surface area contributed by atoms with Gasteiger partial charge in [0.15, 0.2) is 11.3 Å². The lowest BCUT2D eigenvalue weighted by atomic mass is 10.0. The third-order valence-corrected chi connectivity index (χ3v) is 13.9. The molecule has 0 spiro atoms. The average Bonchev–Trinajstić information content (AvgIpc) is 4.14. The Kier molecular flexibility index (Phi) is 13.4. The van der Waals surface area contributed by atoms with Crippen LogP contribution in [0, 0.1) is 0 Å². The van der Waals surface area contributed by atoms with Gasteiger partial charge in [-0.25, -0.2) is 19.0 Å². The fraction of sp³-hybridized carbons (Fsp3) is 0.462. The Hall–Kier alpha value is -6.92. The van der Waals surface area contributed by atoms with Gasteiger partial charge < -0.3 is 29.9 Å². The highest BCUT2D eigenvalue weighted by Crippen LogP contribution is 2.44. The predicted octanol–water partition coefficient (Wildman–Crippen LogP) is 6.37. The number of amides is 2. The van der Waals surface area contributed by atoms with Crippen LogP contribution in [0.2, 0.25) is 0 Å². The summed E-state index contributed by atoms with van der Waals surface area (Å²) in [6.07, 6.45) is 12.6. The summed E-state index contributed by atoms with van der Waals surface area (Å²) >= 11 is 0. The number of Topliss-reactive ketones (excluding diaryl/α,β-unsaturated/α-hetero) is 2. The van der Waals surface area contributed by atoms with E-state index in [4.69, 9.17) is 9.47 Å². The van der Waals surface area contributed by atoms with Gasteiger partial charge in [0.2, 0.25) is 0 Å². The molecule has 2 atom stereocenters. The normalized spacial score (nSPS) is 18.2. The number of ether oxygens (including phenoxy) is 2. The van der Waals surface area contributed by atoms with Crippen molar-refractivity contribution in [3.05, 3.63) is 95.8 Å². The molecule has 2 N–H and O–H groups in total. The van der Waals surface area contributed by atoms with Crippen LogP contribution in [0.15, 0.2) is 73.6 Å². The number of nitrogens with one attached hydrogen (secondary N) is 2. The topological polar surface area (TPSA) is 184 Å². The van der Waals surface area contributed by atoms with E-state index < -0.39 is 0 Å². The molecule has 0 radical (unpaired) electrons. The number of fused-ring (bicyclic) bond motifs is 4. The van der Waals surface area contributed by atoms with Crippen LogP contribution in [-0.2, 0) is 22.4 Å². The Balaban J connectivity index is 0.000000174. The monoisotopic (exact) mass is 953 g/mol. The first-order chi connectivity index (χ1) is 33.5. The van der Waals surface area contributed by atoms with Crippen LogP contribution in [0.4, 0.5) is 22.7 Å². The van der Waals surface area contributed by atoms with Gasteiger partial charge in [-0.05, 0) is 65.8 Å². The first kappa shape index (κ1) is 48.1. The maximum Gasteiger partial charge on any atom is 0.261 e. The molecule has 0 bridgehead atoms. The number of hydrogen-bond acceptors (Lipinski definition) is 14. The first-order valence-corrected chi connectivity index (χ1v) is 24.5. The van der Waals surface area contributed by atoms with Crippen molar-refractivity contribution in [2.24, 2.45) is 0 Å². The summed E-state index contributed by atoms with van der Waals surface area (Å²) < 4.78 is 15.6. The Morgan fingerprint density at radius 3 is 1.36 bits per heavy atom. The number of carbonyl (C=O) groups excluding carboxylic acids is 4. The molecule has 10 rings (SSSR count). The lowest BCUT2D eigenvalue weighted by Crippen LogP contribution is -2.51. The highest BCUT2D eigenvalue weighted by atomic mass is 16.5. The number of aromatic nitrogens is 6. The van der Waals surface area contributed by atoms with Crippen molar-refractivity contribution in [3.8, 4) is 11.5 Å². The van der Waals surface area contributed by atoms with Crippen molar-refractivity contribution in [2.75, 3.05) is 72.8 Å². The lowest BCUT2D eigenvalue weighted by molar-refractivity contribution is -0.124. The van der Waals surface area contributed by atoms with Gasteiger partial charge in [-0.3, -0.25) is 29.0 Å². The summed E-state index contributed by atoms with van der Waals surface area (Å²) in [6, 6.07) is 11.6. The number of anilines is 4.